The van der Waals surface area contributed by atoms with Crippen molar-refractivity contribution in [3.8, 4) is 0 Å². The number of anilines is 1. The van der Waals surface area contributed by atoms with E-state index in [0.29, 0.717) is 13.1 Å². The van der Waals surface area contributed by atoms with Gasteiger partial charge in [-0.2, -0.15) is 0 Å². The number of hydrogen-bond donors (Lipinski definition) is 2. The summed E-state index contributed by atoms with van der Waals surface area (Å²) in [5, 5.41) is 2.60. The van der Waals surface area contributed by atoms with E-state index in [0.717, 1.165) is 0 Å². The van der Waals surface area contributed by atoms with Crippen molar-refractivity contribution in [2.24, 2.45) is 0 Å². The second-order valence-electron chi connectivity index (χ2n) is 3.97. The number of likely N-dealkylation sites (N-methyl/N-ethyl adjacent to an activating group) is 2. The highest BCUT2D eigenvalue weighted by atomic mass is 19.1. The third kappa shape index (κ3) is 3.67. The van der Waals surface area contributed by atoms with Crippen molar-refractivity contribution >= 4 is 17.5 Å². The molecule has 0 radical (unpaired) electrons. The second kappa shape index (κ2) is 6.72. The maximum Gasteiger partial charge on any atom is 0.256 e. The highest BCUT2D eigenvalue weighted by molar-refractivity contribution is 6.00. The van der Waals surface area contributed by atoms with Gasteiger partial charge in [-0.3, -0.25) is 9.59 Å². The number of nitrogen functional groups attached to an aromatic ring is 1. The van der Waals surface area contributed by atoms with Gasteiger partial charge in [0.1, 0.15) is 5.82 Å². The standard InChI is InChI=1S/C13H18FN3O2/c1-3-16-11(18)8-17(4-2)13(19)9-6-5-7-10(14)12(9)15/h5-7H,3-4,8,15H2,1-2H3,(H,16,18). The molecular weight excluding hydrogens is 249 g/mol. The molecule has 104 valence electrons. The minimum absolute atomic E-state index is 0.0703. The van der Waals surface area contributed by atoms with E-state index in [1.165, 1.54) is 23.1 Å². The first-order chi connectivity index (χ1) is 9.01. The van der Waals surface area contributed by atoms with Crippen LogP contribution in [0.1, 0.15) is 24.2 Å². The Bertz CT molecular complexity index is 477. The summed E-state index contributed by atoms with van der Waals surface area (Å²) < 4.78 is 13.3. The van der Waals surface area contributed by atoms with Crippen LogP contribution in [0.25, 0.3) is 0 Å². The number of amides is 2. The van der Waals surface area contributed by atoms with Gasteiger partial charge in [-0.1, -0.05) is 6.07 Å². The van der Waals surface area contributed by atoms with Crippen LogP contribution in [0.5, 0.6) is 0 Å². The minimum Gasteiger partial charge on any atom is -0.396 e. The van der Waals surface area contributed by atoms with Crippen LogP contribution in [-0.2, 0) is 4.79 Å². The van der Waals surface area contributed by atoms with Crippen LogP contribution in [0.4, 0.5) is 10.1 Å². The largest absolute Gasteiger partial charge is 0.396 e. The molecule has 0 unspecified atom stereocenters. The summed E-state index contributed by atoms with van der Waals surface area (Å²) >= 11 is 0. The molecule has 19 heavy (non-hydrogen) atoms. The molecule has 1 aromatic carbocycles. The Hall–Kier alpha value is -2.11. The molecule has 0 spiro atoms. The van der Waals surface area contributed by atoms with Gasteiger partial charge >= 0.3 is 0 Å². The van der Waals surface area contributed by atoms with Gasteiger partial charge in [-0.15, -0.1) is 0 Å². The van der Waals surface area contributed by atoms with E-state index in [2.05, 4.69) is 5.32 Å². The average Bonchev–Trinajstić information content (AvgIpc) is 2.39. The fraction of sp³-hybridized carbons (Fsp3) is 0.385. The van der Waals surface area contributed by atoms with Crippen molar-refractivity contribution in [1.82, 2.24) is 10.2 Å². The molecule has 0 aromatic heterocycles. The van der Waals surface area contributed by atoms with Crippen LogP contribution in [-0.4, -0.2) is 36.3 Å². The predicted octanol–water partition coefficient (Wildman–Crippen LogP) is 1.01. The number of para-hydroxylation sites is 1. The summed E-state index contributed by atoms with van der Waals surface area (Å²) in [6.45, 7) is 4.30. The predicted molar refractivity (Wildman–Crippen MR) is 71.1 cm³/mol. The monoisotopic (exact) mass is 267 g/mol. The molecule has 0 atom stereocenters. The molecule has 2 amide bonds. The lowest BCUT2D eigenvalue weighted by atomic mass is 10.1. The van der Waals surface area contributed by atoms with E-state index >= 15 is 0 Å². The molecule has 1 aromatic rings. The van der Waals surface area contributed by atoms with E-state index in [1.807, 2.05) is 0 Å². The smallest absolute Gasteiger partial charge is 0.256 e. The third-order valence-electron chi connectivity index (χ3n) is 2.66. The number of carbonyl (C=O) groups excluding carboxylic acids is 2. The van der Waals surface area contributed by atoms with Crippen LogP contribution in [0.15, 0.2) is 18.2 Å². The lowest BCUT2D eigenvalue weighted by molar-refractivity contribution is -0.121. The lowest BCUT2D eigenvalue weighted by Crippen LogP contribution is -2.40. The number of halogens is 1. The zero-order chi connectivity index (χ0) is 14.4. The van der Waals surface area contributed by atoms with Gasteiger partial charge in [-0.25, -0.2) is 4.39 Å². The lowest BCUT2D eigenvalue weighted by Gasteiger charge is -2.21. The van der Waals surface area contributed by atoms with E-state index < -0.39 is 11.7 Å². The van der Waals surface area contributed by atoms with E-state index in [9.17, 15) is 14.0 Å². The Morgan fingerprint density at radius 3 is 2.63 bits per heavy atom. The average molecular weight is 267 g/mol. The zero-order valence-electron chi connectivity index (χ0n) is 11.1. The third-order valence-corrected chi connectivity index (χ3v) is 2.66. The molecule has 0 aliphatic heterocycles. The molecule has 3 N–H and O–H groups in total. The maximum atomic E-state index is 13.3. The van der Waals surface area contributed by atoms with E-state index in [4.69, 9.17) is 5.73 Å². The molecular formula is C13H18FN3O2. The van der Waals surface area contributed by atoms with Crippen LogP contribution >= 0.6 is 0 Å². The molecule has 0 aliphatic carbocycles. The summed E-state index contributed by atoms with van der Waals surface area (Å²) in [6, 6.07) is 4.05. The molecule has 1 rings (SSSR count). The quantitative estimate of drug-likeness (QED) is 0.782. The van der Waals surface area contributed by atoms with Crippen molar-refractivity contribution < 1.29 is 14.0 Å². The van der Waals surface area contributed by atoms with Crippen molar-refractivity contribution in [2.75, 3.05) is 25.4 Å². The molecule has 5 nitrogen and oxygen atoms in total. The Balaban J connectivity index is 2.89. The number of benzene rings is 1. The number of rotatable bonds is 5. The van der Waals surface area contributed by atoms with E-state index in [1.54, 1.807) is 13.8 Å². The van der Waals surface area contributed by atoms with Gasteiger partial charge in [0.05, 0.1) is 17.8 Å². The number of nitrogens with zero attached hydrogens (tertiary/aromatic N) is 1. The first-order valence-corrected chi connectivity index (χ1v) is 6.11. The zero-order valence-corrected chi connectivity index (χ0v) is 11.1. The van der Waals surface area contributed by atoms with Gasteiger partial charge in [0.25, 0.3) is 5.91 Å². The second-order valence-corrected chi connectivity index (χ2v) is 3.97. The van der Waals surface area contributed by atoms with Crippen molar-refractivity contribution in [2.45, 2.75) is 13.8 Å². The van der Waals surface area contributed by atoms with Crippen LogP contribution in [0, 0.1) is 5.82 Å². The minimum atomic E-state index is -0.639. The van der Waals surface area contributed by atoms with E-state index in [-0.39, 0.29) is 23.7 Å². The first kappa shape index (κ1) is 14.9. The first-order valence-electron chi connectivity index (χ1n) is 6.11. The van der Waals surface area contributed by atoms with Crippen molar-refractivity contribution in [3.63, 3.8) is 0 Å². The number of hydrogen-bond acceptors (Lipinski definition) is 3. The van der Waals surface area contributed by atoms with Crippen LogP contribution in [0.2, 0.25) is 0 Å². The molecule has 0 heterocycles. The SMILES string of the molecule is CCNC(=O)CN(CC)C(=O)c1cccc(F)c1N. The Labute approximate surface area is 111 Å². The van der Waals surface area contributed by atoms with Gasteiger partial charge < -0.3 is 16.0 Å². The summed E-state index contributed by atoms with van der Waals surface area (Å²) in [7, 11) is 0. The highest BCUT2D eigenvalue weighted by Crippen LogP contribution is 2.17. The summed E-state index contributed by atoms with van der Waals surface area (Å²) in [5.41, 5.74) is 5.42. The fourth-order valence-electron chi connectivity index (χ4n) is 1.65. The van der Waals surface area contributed by atoms with Crippen LogP contribution < -0.4 is 11.1 Å². The molecule has 6 heteroatoms. The molecule has 0 fully saturated rings. The van der Waals surface area contributed by atoms with Gasteiger partial charge in [0.15, 0.2) is 0 Å². The molecule has 0 saturated carbocycles. The molecule has 0 bridgehead atoms. The van der Waals surface area contributed by atoms with Gasteiger partial charge in [0.2, 0.25) is 5.91 Å². The topological polar surface area (TPSA) is 75.4 Å². The maximum absolute atomic E-state index is 13.3. The normalized spacial score (nSPS) is 10.1. The number of nitrogens with two attached hydrogens (primary N) is 1. The van der Waals surface area contributed by atoms with Crippen LogP contribution in [0.3, 0.4) is 0 Å². The summed E-state index contributed by atoms with van der Waals surface area (Å²) in [6.07, 6.45) is 0. The number of nitrogens with one attached hydrogen (secondary N) is 1. The Morgan fingerprint density at radius 1 is 1.37 bits per heavy atom. The number of carbonyl (C=O) groups is 2. The fourth-order valence-corrected chi connectivity index (χ4v) is 1.65. The molecule has 0 saturated heterocycles. The van der Waals surface area contributed by atoms with Gasteiger partial charge in [-0.05, 0) is 26.0 Å². The summed E-state index contributed by atoms with van der Waals surface area (Å²) in [5.74, 6) is -1.35. The Morgan fingerprint density at radius 2 is 2.05 bits per heavy atom. The summed E-state index contributed by atoms with van der Waals surface area (Å²) in [4.78, 5) is 25.0. The van der Waals surface area contributed by atoms with Crippen molar-refractivity contribution in [3.05, 3.63) is 29.6 Å². The molecule has 0 aliphatic rings. The highest BCUT2D eigenvalue weighted by Gasteiger charge is 2.20. The van der Waals surface area contributed by atoms with Gasteiger partial charge in [0, 0.05) is 13.1 Å². The van der Waals surface area contributed by atoms with Crippen molar-refractivity contribution in [1.29, 1.82) is 0 Å². The Kier molecular flexibility index (Phi) is 5.29.